The minimum absolute atomic E-state index is 0.235. The first-order valence-electron chi connectivity index (χ1n) is 13.2. The number of amides is 1. The average molecular weight is 607 g/mol. The molecule has 5 nitrogen and oxygen atoms in total. The number of nitrogens with zero attached hydrogens (tertiary/aromatic N) is 1. The van der Waals surface area contributed by atoms with Crippen LogP contribution in [0.5, 0.6) is 11.5 Å². The van der Waals surface area contributed by atoms with E-state index in [1.165, 1.54) is 0 Å². The summed E-state index contributed by atoms with van der Waals surface area (Å²) in [4.78, 5) is 27.3. The van der Waals surface area contributed by atoms with Gasteiger partial charge in [0.15, 0.2) is 0 Å². The van der Waals surface area contributed by atoms with Gasteiger partial charge in [0, 0.05) is 21.8 Å². The number of carbonyl (C=O) groups is 2. The maximum atomic E-state index is 14.2. The molecule has 0 radical (unpaired) electrons. The van der Waals surface area contributed by atoms with Crippen LogP contribution in [0, 0.1) is 0 Å². The molecule has 0 saturated heterocycles. The van der Waals surface area contributed by atoms with Crippen molar-refractivity contribution in [1.29, 1.82) is 0 Å². The summed E-state index contributed by atoms with van der Waals surface area (Å²) in [7, 11) is 0. The van der Waals surface area contributed by atoms with E-state index >= 15 is 0 Å². The monoisotopic (exact) mass is 605 g/mol. The zero-order chi connectivity index (χ0) is 28.4. The van der Waals surface area contributed by atoms with Crippen molar-refractivity contribution in [2.75, 3.05) is 4.90 Å². The number of ether oxygens (including phenoxy) is 2. The van der Waals surface area contributed by atoms with Gasteiger partial charge in [0.05, 0.1) is 12.1 Å². The molecule has 1 amide bonds. The Kier molecular flexibility index (Phi) is 9.24. The molecule has 0 unspecified atom stereocenters. The Morgan fingerprint density at radius 2 is 1.32 bits per heavy atom. The third-order valence-corrected chi connectivity index (χ3v) is 7.01. The zero-order valence-corrected chi connectivity index (χ0v) is 23.9. The van der Waals surface area contributed by atoms with E-state index in [0.29, 0.717) is 41.5 Å². The highest BCUT2D eigenvalue weighted by Gasteiger charge is 2.23. The summed E-state index contributed by atoms with van der Waals surface area (Å²) in [5.74, 6) is 0.789. The number of carbonyl (C=O) groups excluding carboxylic acids is 2. The molecule has 0 bridgehead atoms. The van der Waals surface area contributed by atoms with Crippen LogP contribution in [-0.2, 0) is 19.8 Å². The second-order valence-corrected chi connectivity index (χ2v) is 10.4. The summed E-state index contributed by atoms with van der Waals surface area (Å²) in [6.07, 6.45) is 0.805. The van der Waals surface area contributed by atoms with Gasteiger partial charge in [-0.2, -0.15) is 0 Å². The molecule has 5 aromatic carbocycles. The van der Waals surface area contributed by atoms with Crippen molar-refractivity contribution in [3.63, 3.8) is 0 Å². The van der Waals surface area contributed by atoms with Crippen LogP contribution in [0.4, 0.5) is 5.69 Å². The molecule has 0 aliphatic rings. The number of anilines is 1. The average Bonchev–Trinajstić information content (AvgIpc) is 3.03. The number of halogens is 1. The molecule has 0 N–H and O–H groups in total. The Morgan fingerprint density at radius 1 is 0.683 bits per heavy atom. The Balaban J connectivity index is 1.48. The summed E-state index contributed by atoms with van der Waals surface area (Å²) in [6.45, 7) is 0.958. The summed E-state index contributed by atoms with van der Waals surface area (Å²) in [6, 6.07) is 39.8. The normalized spacial score (nSPS) is 10.6. The summed E-state index contributed by atoms with van der Waals surface area (Å²) >= 11 is 3.48. The minimum atomic E-state index is -0.235. The molecular formula is C35H28BrNO4. The van der Waals surface area contributed by atoms with Crippen molar-refractivity contribution in [1.82, 2.24) is 0 Å². The van der Waals surface area contributed by atoms with Crippen molar-refractivity contribution >= 4 is 33.8 Å². The van der Waals surface area contributed by atoms with Crippen LogP contribution in [0.2, 0.25) is 0 Å². The van der Waals surface area contributed by atoms with E-state index in [9.17, 15) is 9.59 Å². The lowest BCUT2D eigenvalue weighted by Gasteiger charge is -2.25. The molecule has 41 heavy (non-hydrogen) atoms. The van der Waals surface area contributed by atoms with E-state index in [4.69, 9.17) is 9.47 Å². The van der Waals surface area contributed by atoms with Crippen molar-refractivity contribution in [2.24, 2.45) is 0 Å². The highest BCUT2D eigenvalue weighted by atomic mass is 79.9. The lowest BCUT2D eigenvalue weighted by molar-refractivity contribution is 0.0980. The fourth-order valence-electron chi connectivity index (χ4n) is 4.36. The summed E-state index contributed by atoms with van der Waals surface area (Å²) in [5, 5.41) is 0. The second-order valence-electron chi connectivity index (χ2n) is 9.44. The van der Waals surface area contributed by atoms with Gasteiger partial charge >= 0.3 is 0 Å². The first-order valence-corrected chi connectivity index (χ1v) is 14.0. The topological polar surface area (TPSA) is 55.8 Å². The van der Waals surface area contributed by atoms with Crippen molar-refractivity contribution < 1.29 is 19.1 Å². The Labute approximate surface area is 248 Å². The zero-order valence-electron chi connectivity index (χ0n) is 22.3. The van der Waals surface area contributed by atoms with Gasteiger partial charge in [0.1, 0.15) is 31.0 Å². The van der Waals surface area contributed by atoms with Crippen molar-refractivity contribution in [3.05, 3.63) is 160 Å². The van der Waals surface area contributed by atoms with Crippen LogP contribution in [0.1, 0.15) is 37.4 Å². The maximum Gasteiger partial charge on any atom is 0.262 e. The van der Waals surface area contributed by atoms with E-state index in [1.54, 1.807) is 35.2 Å². The van der Waals surface area contributed by atoms with Gasteiger partial charge in [0.2, 0.25) is 0 Å². The molecule has 204 valence electrons. The maximum absolute atomic E-state index is 14.2. The Hall–Kier alpha value is -4.68. The number of hydrogen-bond donors (Lipinski definition) is 0. The van der Waals surface area contributed by atoms with Gasteiger partial charge in [-0.1, -0.05) is 94.8 Å². The molecule has 0 aromatic heterocycles. The van der Waals surface area contributed by atoms with Gasteiger partial charge in [-0.05, 0) is 59.2 Å². The minimum Gasteiger partial charge on any atom is -0.489 e. The van der Waals surface area contributed by atoms with Gasteiger partial charge < -0.3 is 14.4 Å². The lowest BCUT2D eigenvalue weighted by atomic mass is 10.1. The molecule has 0 heterocycles. The van der Waals surface area contributed by atoms with E-state index < -0.39 is 0 Å². The fourth-order valence-corrected chi connectivity index (χ4v) is 4.62. The molecule has 6 heteroatoms. The molecule has 0 spiro atoms. The predicted octanol–water partition coefficient (Wildman–Crippen LogP) is 8.27. The summed E-state index contributed by atoms with van der Waals surface area (Å²) < 4.78 is 13.2. The van der Waals surface area contributed by atoms with Gasteiger partial charge in [-0.25, -0.2) is 0 Å². The fraction of sp³-hybridized carbons (Fsp3) is 0.0857. The highest BCUT2D eigenvalue weighted by molar-refractivity contribution is 9.10. The van der Waals surface area contributed by atoms with Crippen LogP contribution >= 0.6 is 15.9 Å². The molecule has 5 rings (SSSR count). The molecule has 0 atom stereocenters. The number of rotatable bonds is 11. The Bertz CT molecular complexity index is 1610. The standard InChI is InChI=1S/C35H28BrNO4/c36-30-14-16-31(17-15-30)37(22-28-12-7-13-29(20-28)23-38)35(39)33-19-18-32(40-24-26-8-3-1-4-9-26)21-34(33)41-25-27-10-5-2-6-11-27/h1-21,23H,22,24-25H2. The van der Waals surface area contributed by atoms with E-state index in [0.717, 1.165) is 27.4 Å². The van der Waals surface area contributed by atoms with Crippen LogP contribution in [-0.4, -0.2) is 12.2 Å². The van der Waals surface area contributed by atoms with Gasteiger partial charge in [-0.15, -0.1) is 0 Å². The molecule has 5 aromatic rings. The van der Waals surface area contributed by atoms with Crippen LogP contribution in [0.15, 0.2) is 132 Å². The van der Waals surface area contributed by atoms with Gasteiger partial charge in [0.25, 0.3) is 5.91 Å². The number of hydrogen-bond acceptors (Lipinski definition) is 4. The largest absolute Gasteiger partial charge is 0.489 e. The SMILES string of the molecule is O=Cc1cccc(CN(C(=O)c2ccc(OCc3ccccc3)cc2OCc2ccccc2)c2ccc(Br)cc2)c1. The quantitative estimate of drug-likeness (QED) is 0.142. The van der Waals surface area contributed by atoms with E-state index in [2.05, 4.69) is 15.9 Å². The third kappa shape index (κ3) is 7.50. The first kappa shape index (κ1) is 27.9. The third-order valence-electron chi connectivity index (χ3n) is 6.48. The number of benzene rings is 5. The molecule has 0 aliphatic carbocycles. The highest BCUT2D eigenvalue weighted by Crippen LogP contribution is 2.31. The predicted molar refractivity (Wildman–Crippen MR) is 164 cm³/mol. The van der Waals surface area contributed by atoms with Crippen LogP contribution < -0.4 is 14.4 Å². The van der Waals surface area contributed by atoms with Crippen molar-refractivity contribution in [2.45, 2.75) is 19.8 Å². The smallest absolute Gasteiger partial charge is 0.262 e. The Morgan fingerprint density at radius 3 is 1.98 bits per heavy atom. The second kappa shape index (κ2) is 13.6. The van der Waals surface area contributed by atoms with E-state index in [1.807, 2.05) is 97.1 Å². The van der Waals surface area contributed by atoms with Crippen LogP contribution in [0.25, 0.3) is 0 Å². The van der Waals surface area contributed by atoms with E-state index in [-0.39, 0.29) is 12.5 Å². The molecule has 0 aliphatic heterocycles. The molecular weight excluding hydrogens is 578 g/mol. The summed E-state index contributed by atoms with van der Waals surface area (Å²) in [5.41, 5.74) is 4.53. The van der Waals surface area contributed by atoms with Crippen LogP contribution in [0.3, 0.4) is 0 Å². The molecule has 0 saturated carbocycles. The molecule has 0 fully saturated rings. The van der Waals surface area contributed by atoms with Crippen molar-refractivity contribution in [3.8, 4) is 11.5 Å². The number of aldehydes is 1. The lowest BCUT2D eigenvalue weighted by Crippen LogP contribution is -2.31. The first-order chi connectivity index (χ1) is 20.1. The van der Waals surface area contributed by atoms with Gasteiger partial charge in [-0.3, -0.25) is 9.59 Å².